The van der Waals surface area contributed by atoms with Crippen molar-refractivity contribution in [2.45, 2.75) is 109 Å². The number of hydrogen-bond donors (Lipinski definition) is 4. The molecule has 2 aliphatic carbocycles. The minimum Gasteiger partial charge on any atom is -0.462 e. The first-order valence-electron chi connectivity index (χ1n) is 17.0. The topological polar surface area (TPSA) is 228 Å². The predicted molar refractivity (Wildman–Crippen MR) is 186 cm³/mol. The number of hydrogen-bond acceptors (Lipinski definition) is 12. The Hall–Kier alpha value is -4.74. The second kappa shape index (κ2) is 15.1. The fraction of sp³-hybridized carbons (Fsp3) is 0.618. The van der Waals surface area contributed by atoms with Gasteiger partial charge in [0.05, 0.1) is 18.4 Å². The Balaban J connectivity index is 1.60. The number of nitrogens with zero attached hydrogens (tertiary/aromatic N) is 2. The zero-order valence-electron chi connectivity index (χ0n) is 30.4. The molecule has 18 heteroatoms. The van der Waals surface area contributed by atoms with E-state index in [-0.39, 0.29) is 37.4 Å². The van der Waals surface area contributed by atoms with Crippen LogP contribution in [-0.2, 0) is 38.6 Å². The Morgan fingerprint density at radius 2 is 1.77 bits per heavy atom. The molecule has 2 saturated carbocycles. The molecule has 1 aromatic rings. The third kappa shape index (κ3) is 9.57. The van der Waals surface area contributed by atoms with Gasteiger partial charge in [0.2, 0.25) is 21.8 Å². The summed E-state index contributed by atoms with van der Waals surface area (Å²) in [7, 11) is -3.95. The van der Waals surface area contributed by atoms with Crippen molar-refractivity contribution in [2.24, 2.45) is 11.3 Å². The van der Waals surface area contributed by atoms with Crippen molar-refractivity contribution in [3.63, 3.8) is 0 Å². The van der Waals surface area contributed by atoms with Gasteiger partial charge in [0.1, 0.15) is 40.7 Å². The predicted octanol–water partition coefficient (Wildman–Crippen LogP) is 2.39. The van der Waals surface area contributed by atoms with Crippen LogP contribution in [0, 0.1) is 11.3 Å². The van der Waals surface area contributed by atoms with Crippen molar-refractivity contribution >= 4 is 51.7 Å². The SMILES string of the molecule is C=CC1CC1(NC(=O)C1CC(OC(=O)Nc2ncccc2C(=O)OCC)CN1C(=O)C(NC(=O)OC(C)(C)C)C(C)(C)C)C(=O)NS(=O)(=O)C1CC1. The molecule has 4 N–H and O–H groups in total. The van der Waals surface area contributed by atoms with Gasteiger partial charge in [-0.3, -0.25) is 24.4 Å². The molecule has 0 spiro atoms. The molecule has 5 unspecified atom stereocenters. The maximum Gasteiger partial charge on any atom is 0.413 e. The monoisotopic (exact) mass is 748 g/mol. The summed E-state index contributed by atoms with van der Waals surface area (Å²) in [5.74, 6) is -3.91. The Kier molecular flexibility index (Phi) is 11.6. The highest BCUT2D eigenvalue weighted by Crippen LogP contribution is 2.45. The molecule has 0 aromatic carbocycles. The average molecular weight is 749 g/mol. The van der Waals surface area contributed by atoms with Crippen molar-refractivity contribution in [3.8, 4) is 0 Å². The van der Waals surface area contributed by atoms with Gasteiger partial charge in [0, 0.05) is 18.5 Å². The van der Waals surface area contributed by atoms with Gasteiger partial charge in [-0.15, -0.1) is 6.58 Å². The highest BCUT2D eigenvalue weighted by Gasteiger charge is 2.62. The largest absolute Gasteiger partial charge is 0.462 e. The number of rotatable bonds is 12. The fourth-order valence-corrected chi connectivity index (χ4v) is 7.15. The Morgan fingerprint density at radius 1 is 1.10 bits per heavy atom. The number of carbonyl (C=O) groups is 6. The maximum atomic E-state index is 14.3. The van der Waals surface area contributed by atoms with Gasteiger partial charge in [-0.05, 0) is 64.5 Å². The van der Waals surface area contributed by atoms with Crippen LogP contribution >= 0.6 is 0 Å². The van der Waals surface area contributed by atoms with E-state index in [2.05, 4.69) is 32.2 Å². The molecule has 3 aliphatic rings. The van der Waals surface area contributed by atoms with Crippen LogP contribution < -0.4 is 20.7 Å². The molecule has 3 fully saturated rings. The van der Waals surface area contributed by atoms with Crippen molar-refractivity contribution in [1.29, 1.82) is 0 Å². The Labute approximate surface area is 303 Å². The van der Waals surface area contributed by atoms with Gasteiger partial charge in [0.15, 0.2) is 0 Å². The first kappa shape index (κ1) is 40.0. The lowest BCUT2D eigenvalue weighted by Gasteiger charge is -2.36. The first-order chi connectivity index (χ1) is 24.1. The van der Waals surface area contributed by atoms with Gasteiger partial charge >= 0.3 is 18.2 Å². The van der Waals surface area contributed by atoms with Crippen LogP contribution in [0.3, 0.4) is 0 Å². The average Bonchev–Trinajstić information content (AvgIpc) is 3.95. The van der Waals surface area contributed by atoms with Crippen LogP contribution in [0.5, 0.6) is 0 Å². The maximum absolute atomic E-state index is 14.3. The normalized spacial score (nSPS) is 23.4. The smallest absolute Gasteiger partial charge is 0.413 e. The van der Waals surface area contributed by atoms with Crippen LogP contribution in [0.1, 0.15) is 84.5 Å². The number of likely N-dealkylation sites (tertiary alicyclic amines) is 1. The molecule has 2 heterocycles. The zero-order valence-corrected chi connectivity index (χ0v) is 31.3. The van der Waals surface area contributed by atoms with Gasteiger partial charge in [-0.2, -0.15) is 0 Å². The van der Waals surface area contributed by atoms with E-state index in [1.54, 1.807) is 48.5 Å². The summed E-state index contributed by atoms with van der Waals surface area (Å²) in [6.07, 6.45) is 0.417. The number of alkyl carbamates (subject to hydrolysis) is 1. The van der Waals surface area contributed by atoms with E-state index >= 15 is 0 Å². The quantitative estimate of drug-likeness (QED) is 0.137. The van der Waals surface area contributed by atoms with E-state index in [0.717, 1.165) is 4.90 Å². The molecule has 1 aliphatic heterocycles. The van der Waals surface area contributed by atoms with E-state index in [9.17, 15) is 37.2 Å². The molecule has 1 aromatic heterocycles. The highest BCUT2D eigenvalue weighted by atomic mass is 32.2. The lowest BCUT2D eigenvalue weighted by atomic mass is 9.85. The lowest BCUT2D eigenvalue weighted by Crippen LogP contribution is -2.60. The second-order valence-corrected chi connectivity index (χ2v) is 17.1. The third-order valence-corrected chi connectivity index (χ3v) is 10.5. The van der Waals surface area contributed by atoms with E-state index in [4.69, 9.17) is 14.2 Å². The molecule has 1 saturated heterocycles. The number of nitrogens with one attached hydrogen (secondary N) is 4. The molecule has 17 nitrogen and oxygen atoms in total. The summed E-state index contributed by atoms with van der Waals surface area (Å²) < 4.78 is 43.3. The van der Waals surface area contributed by atoms with Crippen LogP contribution in [0.2, 0.25) is 0 Å². The molecule has 4 rings (SSSR count). The minimum absolute atomic E-state index is 0.0310. The number of amides is 5. The number of esters is 1. The second-order valence-electron chi connectivity index (χ2n) is 15.1. The molecule has 52 heavy (non-hydrogen) atoms. The fourth-order valence-electron chi connectivity index (χ4n) is 5.79. The number of sulfonamides is 1. The minimum atomic E-state index is -3.95. The number of anilines is 1. The zero-order chi connectivity index (χ0) is 38.8. The molecule has 286 valence electrons. The first-order valence-corrected chi connectivity index (χ1v) is 18.6. The van der Waals surface area contributed by atoms with Gasteiger partial charge in [-0.25, -0.2) is 27.8 Å². The van der Waals surface area contributed by atoms with Crippen molar-refractivity contribution in [3.05, 3.63) is 36.5 Å². The molecular weight excluding hydrogens is 700 g/mol. The number of carbonyl (C=O) groups excluding carboxylic acids is 6. The molecule has 5 atom stereocenters. The summed E-state index contributed by atoms with van der Waals surface area (Å²) in [6.45, 7) is 15.2. The van der Waals surface area contributed by atoms with E-state index < -0.39 is 91.8 Å². The number of ether oxygens (including phenoxy) is 3. The van der Waals surface area contributed by atoms with E-state index in [1.807, 2.05) is 0 Å². The van der Waals surface area contributed by atoms with Gasteiger partial charge in [0.25, 0.3) is 5.91 Å². The van der Waals surface area contributed by atoms with Crippen LogP contribution in [0.4, 0.5) is 15.4 Å². The summed E-state index contributed by atoms with van der Waals surface area (Å²) >= 11 is 0. The van der Waals surface area contributed by atoms with E-state index in [1.165, 1.54) is 24.4 Å². The number of pyridine rings is 1. The van der Waals surface area contributed by atoms with Crippen LogP contribution in [0.25, 0.3) is 0 Å². The third-order valence-electron chi connectivity index (χ3n) is 8.67. The van der Waals surface area contributed by atoms with Crippen LogP contribution in [-0.4, -0.2) is 102 Å². The van der Waals surface area contributed by atoms with Gasteiger partial charge in [-0.1, -0.05) is 26.8 Å². The van der Waals surface area contributed by atoms with E-state index in [0.29, 0.717) is 12.8 Å². The van der Waals surface area contributed by atoms with Crippen molar-refractivity contribution in [1.82, 2.24) is 25.2 Å². The van der Waals surface area contributed by atoms with Gasteiger partial charge < -0.3 is 29.7 Å². The summed E-state index contributed by atoms with van der Waals surface area (Å²) in [6, 6.07) is 0.316. The lowest BCUT2D eigenvalue weighted by molar-refractivity contribution is -0.143. The standard InChI is InChI=1S/C34H48N6O11S/c1-9-19-17-34(19,29(44)39-52(47,48)21-13-14-21)38-26(41)23-16-20(50-30(45)37-25-22(12-11-15-35-25)28(43)49-10-2)18-40(23)27(42)24(32(3,4)5)36-31(46)51-33(6,7)8/h9,11-12,15,19-21,23-24H,1,10,13-14,16-18H2,2-8H3,(H,36,46)(H,38,41)(H,39,44)(H,35,37,45). The molecule has 0 radical (unpaired) electrons. The summed E-state index contributed by atoms with van der Waals surface area (Å²) in [4.78, 5) is 85.3. The Morgan fingerprint density at radius 3 is 2.33 bits per heavy atom. The Bertz CT molecular complexity index is 1720. The molecule has 5 amide bonds. The molecular formula is C34H48N6O11S. The van der Waals surface area contributed by atoms with Crippen LogP contribution in [0.15, 0.2) is 31.0 Å². The number of aromatic nitrogens is 1. The van der Waals surface area contributed by atoms with Crippen molar-refractivity contribution < 1.29 is 51.4 Å². The van der Waals surface area contributed by atoms with Crippen molar-refractivity contribution in [2.75, 3.05) is 18.5 Å². The summed E-state index contributed by atoms with van der Waals surface area (Å²) in [5.41, 5.74) is -3.47. The molecule has 0 bridgehead atoms. The highest BCUT2D eigenvalue weighted by molar-refractivity contribution is 7.91. The summed E-state index contributed by atoms with van der Waals surface area (Å²) in [5, 5.41) is 6.97.